The summed E-state index contributed by atoms with van der Waals surface area (Å²) in [7, 11) is 5.33. The number of halogens is 3. The molecule has 28 heavy (non-hydrogen) atoms. The number of hydrogen-bond donors (Lipinski definition) is 2. The van der Waals surface area contributed by atoms with E-state index < -0.39 is 17.3 Å². The Morgan fingerprint density at radius 3 is 2.14 bits per heavy atom. The van der Waals surface area contributed by atoms with Crippen molar-refractivity contribution in [1.82, 2.24) is 4.90 Å². The Hall–Kier alpha value is -2.17. The van der Waals surface area contributed by atoms with Gasteiger partial charge >= 0.3 is 6.18 Å². The molecule has 0 bridgehead atoms. The Balaban J connectivity index is 0.000000906. The summed E-state index contributed by atoms with van der Waals surface area (Å²) >= 11 is 0. The Morgan fingerprint density at radius 1 is 1.29 bits per heavy atom. The van der Waals surface area contributed by atoms with Crippen molar-refractivity contribution in [1.29, 1.82) is 0 Å². The predicted octanol–water partition coefficient (Wildman–Crippen LogP) is 4.12. The van der Waals surface area contributed by atoms with Crippen LogP contribution < -0.4 is 10.5 Å². The van der Waals surface area contributed by atoms with Crippen LogP contribution in [0.5, 0.6) is 5.75 Å². The van der Waals surface area contributed by atoms with Crippen LogP contribution in [0, 0.1) is 24.7 Å². The topological polar surface area (TPSA) is 58.7 Å². The molecule has 7 heteroatoms. The van der Waals surface area contributed by atoms with Gasteiger partial charge in [0, 0.05) is 23.2 Å². The third kappa shape index (κ3) is 7.10. The standard InChI is InChI=1S/C15H16F3NO2.C4H11N.C2H4/c1-9-7-11(13(21-2)8-12(9)19)14(20,15(16,17)18)6-5-10-3-4-10;1-4-5(2)3;1-2/h7-8,10,20H,3-4,19H2,1-2H3;4H2,1-3H3;1-2H2. The Morgan fingerprint density at radius 2 is 1.79 bits per heavy atom. The van der Waals surface area contributed by atoms with E-state index in [1.165, 1.54) is 19.2 Å². The lowest BCUT2D eigenvalue weighted by Crippen LogP contribution is -2.41. The highest BCUT2D eigenvalue weighted by Gasteiger charge is 2.56. The molecule has 0 aromatic heterocycles. The molecule has 2 rings (SSSR count). The van der Waals surface area contributed by atoms with E-state index in [9.17, 15) is 18.3 Å². The molecule has 0 heterocycles. The molecule has 1 atom stereocenters. The van der Waals surface area contributed by atoms with Crippen LogP contribution in [0.3, 0.4) is 0 Å². The molecule has 1 aliphatic rings. The van der Waals surface area contributed by atoms with Crippen molar-refractivity contribution in [3.05, 3.63) is 36.4 Å². The average Bonchev–Trinajstić information content (AvgIpc) is 3.47. The number of nitrogen functional groups attached to an aromatic ring is 1. The molecule has 1 saturated carbocycles. The van der Waals surface area contributed by atoms with E-state index in [2.05, 4.69) is 45.0 Å². The van der Waals surface area contributed by atoms with E-state index in [1.807, 2.05) is 5.92 Å². The minimum atomic E-state index is -4.94. The van der Waals surface area contributed by atoms with Crippen LogP contribution in [0.4, 0.5) is 18.9 Å². The summed E-state index contributed by atoms with van der Waals surface area (Å²) < 4.78 is 45.0. The minimum absolute atomic E-state index is 0.0697. The van der Waals surface area contributed by atoms with Crippen LogP contribution in [0.15, 0.2) is 25.3 Å². The van der Waals surface area contributed by atoms with Gasteiger partial charge in [-0.25, -0.2) is 0 Å². The second kappa shape index (κ2) is 11.0. The number of benzene rings is 1. The number of aliphatic hydroxyl groups is 1. The Kier molecular flexibility index (Phi) is 10.1. The Labute approximate surface area is 166 Å². The SMILES string of the molecule is C=C.CCN(C)C.COc1cc(N)c(C)cc1C(O)(C#CC1CC1)C(F)(F)F. The van der Waals surface area contributed by atoms with Gasteiger partial charge in [-0.05, 0) is 52.0 Å². The van der Waals surface area contributed by atoms with Crippen molar-refractivity contribution in [2.24, 2.45) is 5.92 Å². The number of methoxy groups -OCH3 is 1. The number of nitrogens with two attached hydrogens (primary N) is 1. The summed E-state index contributed by atoms with van der Waals surface area (Å²) in [5.41, 5.74) is 2.68. The number of hydrogen-bond acceptors (Lipinski definition) is 4. The minimum Gasteiger partial charge on any atom is -0.496 e. The van der Waals surface area contributed by atoms with E-state index in [0.717, 1.165) is 19.4 Å². The van der Waals surface area contributed by atoms with Crippen LogP contribution >= 0.6 is 0 Å². The van der Waals surface area contributed by atoms with Gasteiger partial charge in [-0.2, -0.15) is 13.2 Å². The Bertz CT molecular complexity index is 689. The maximum atomic E-state index is 13.4. The molecule has 3 N–H and O–H groups in total. The molecule has 0 spiro atoms. The fourth-order valence-electron chi connectivity index (χ4n) is 1.88. The first kappa shape index (κ1) is 25.8. The summed E-state index contributed by atoms with van der Waals surface area (Å²) in [6, 6.07) is 2.43. The van der Waals surface area contributed by atoms with E-state index in [0.29, 0.717) is 5.56 Å². The van der Waals surface area contributed by atoms with Gasteiger partial charge in [0.15, 0.2) is 0 Å². The highest BCUT2D eigenvalue weighted by atomic mass is 19.4. The van der Waals surface area contributed by atoms with Crippen LogP contribution in [0.1, 0.15) is 30.9 Å². The number of nitrogens with zero attached hydrogens (tertiary/aromatic N) is 1. The molecular weight excluding hydrogens is 369 g/mol. The molecule has 1 aromatic rings. The highest BCUT2D eigenvalue weighted by Crippen LogP contribution is 2.44. The first-order valence-electron chi connectivity index (χ1n) is 8.87. The van der Waals surface area contributed by atoms with Gasteiger partial charge in [0.25, 0.3) is 5.60 Å². The zero-order valence-electron chi connectivity index (χ0n) is 17.3. The van der Waals surface area contributed by atoms with Crippen molar-refractivity contribution in [2.45, 2.75) is 38.5 Å². The van der Waals surface area contributed by atoms with Crippen molar-refractivity contribution < 1.29 is 23.0 Å². The maximum Gasteiger partial charge on any atom is 0.433 e. The van der Waals surface area contributed by atoms with Crippen molar-refractivity contribution in [3.8, 4) is 17.6 Å². The number of ether oxygens (including phenoxy) is 1. The van der Waals surface area contributed by atoms with Gasteiger partial charge < -0.3 is 20.5 Å². The van der Waals surface area contributed by atoms with Crippen LogP contribution in [0.2, 0.25) is 0 Å². The fourth-order valence-corrected chi connectivity index (χ4v) is 1.88. The first-order valence-corrected chi connectivity index (χ1v) is 8.87. The quantitative estimate of drug-likeness (QED) is 0.455. The normalized spacial score (nSPS) is 15.1. The molecule has 0 aliphatic heterocycles. The van der Waals surface area contributed by atoms with E-state index >= 15 is 0 Å². The van der Waals surface area contributed by atoms with Gasteiger partial charge in [0.2, 0.25) is 0 Å². The lowest BCUT2D eigenvalue weighted by Gasteiger charge is -2.28. The lowest BCUT2D eigenvalue weighted by atomic mass is 9.90. The van der Waals surface area contributed by atoms with E-state index in [-0.39, 0.29) is 17.4 Å². The van der Waals surface area contributed by atoms with Gasteiger partial charge in [-0.3, -0.25) is 0 Å². The lowest BCUT2D eigenvalue weighted by molar-refractivity contribution is -0.241. The van der Waals surface area contributed by atoms with Gasteiger partial charge in [0.05, 0.1) is 7.11 Å². The van der Waals surface area contributed by atoms with Crippen LogP contribution in [-0.2, 0) is 5.60 Å². The third-order valence-electron chi connectivity index (χ3n) is 4.06. The zero-order valence-corrected chi connectivity index (χ0v) is 17.3. The number of aryl methyl sites for hydroxylation is 1. The molecule has 0 radical (unpaired) electrons. The number of rotatable bonds is 3. The fraction of sp³-hybridized carbons (Fsp3) is 0.524. The largest absolute Gasteiger partial charge is 0.496 e. The first-order chi connectivity index (χ1) is 13.0. The van der Waals surface area contributed by atoms with Crippen LogP contribution in [-0.4, -0.2) is 43.9 Å². The molecular formula is C21H31F3N2O2. The third-order valence-corrected chi connectivity index (χ3v) is 4.06. The summed E-state index contributed by atoms with van der Waals surface area (Å²) in [6.07, 6.45) is -3.41. The zero-order chi connectivity index (χ0) is 22.1. The summed E-state index contributed by atoms with van der Waals surface area (Å²) in [5, 5.41) is 10.2. The van der Waals surface area contributed by atoms with Crippen LogP contribution in [0.25, 0.3) is 0 Å². The van der Waals surface area contributed by atoms with E-state index in [4.69, 9.17) is 10.5 Å². The second-order valence-electron chi connectivity index (χ2n) is 6.56. The second-order valence-corrected chi connectivity index (χ2v) is 6.56. The molecule has 1 aliphatic carbocycles. The smallest absolute Gasteiger partial charge is 0.433 e. The molecule has 1 aromatic carbocycles. The van der Waals surface area contributed by atoms with Gasteiger partial charge in [-0.15, -0.1) is 13.2 Å². The van der Waals surface area contributed by atoms with E-state index in [1.54, 1.807) is 6.92 Å². The monoisotopic (exact) mass is 400 g/mol. The van der Waals surface area contributed by atoms with Gasteiger partial charge in [-0.1, -0.05) is 18.8 Å². The average molecular weight is 400 g/mol. The summed E-state index contributed by atoms with van der Waals surface area (Å²) in [5.74, 6) is 4.27. The van der Waals surface area contributed by atoms with Gasteiger partial charge in [0.1, 0.15) is 5.75 Å². The molecule has 1 fully saturated rings. The molecule has 1 unspecified atom stereocenters. The summed E-state index contributed by atoms with van der Waals surface area (Å²) in [6.45, 7) is 10.8. The van der Waals surface area contributed by atoms with Crippen molar-refractivity contribution >= 4 is 5.69 Å². The molecule has 0 saturated heterocycles. The van der Waals surface area contributed by atoms with Crippen molar-refractivity contribution in [2.75, 3.05) is 33.5 Å². The maximum absolute atomic E-state index is 13.4. The number of alkyl halides is 3. The number of anilines is 1. The summed E-state index contributed by atoms with van der Waals surface area (Å²) in [4.78, 5) is 2.12. The predicted molar refractivity (Wildman–Crippen MR) is 108 cm³/mol. The highest BCUT2D eigenvalue weighted by molar-refractivity contribution is 5.58. The molecule has 0 amide bonds. The molecule has 4 nitrogen and oxygen atoms in total. The van der Waals surface area contributed by atoms with Crippen molar-refractivity contribution in [3.63, 3.8) is 0 Å². The molecule has 158 valence electrons.